The van der Waals surface area contributed by atoms with Crippen LogP contribution in [0, 0.1) is 0 Å². The number of nitrogens with zero attached hydrogens (tertiary/aromatic N) is 2. The second-order valence-corrected chi connectivity index (χ2v) is 6.06. The van der Waals surface area contributed by atoms with Crippen LogP contribution in [0.5, 0.6) is 0 Å². The van der Waals surface area contributed by atoms with Crippen molar-refractivity contribution in [3.63, 3.8) is 0 Å². The van der Waals surface area contributed by atoms with Crippen molar-refractivity contribution >= 4 is 6.03 Å². The predicted octanol–water partition coefficient (Wildman–Crippen LogP) is 2.09. The van der Waals surface area contributed by atoms with Gasteiger partial charge in [-0.05, 0) is 17.2 Å². The van der Waals surface area contributed by atoms with Crippen molar-refractivity contribution in [1.29, 1.82) is 0 Å². The monoisotopic (exact) mass is 329 g/mol. The molecular weight excluding hydrogens is 309 g/mol. The van der Waals surface area contributed by atoms with Gasteiger partial charge < -0.3 is 15.3 Å². The van der Waals surface area contributed by atoms with Crippen LogP contribution in [0.2, 0.25) is 0 Å². The zero-order chi connectivity index (χ0) is 17.0. The minimum absolute atomic E-state index is 0.123. The Labute approximate surface area is 140 Å². The zero-order valence-electron chi connectivity index (χ0n) is 13.2. The average molecular weight is 329 g/mol. The summed E-state index contributed by atoms with van der Waals surface area (Å²) in [6.45, 7) is -0.168. The Morgan fingerprint density at radius 3 is 2.79 bits per heavy atom. The van der Waals surface area contributed by atoms with Crippen LogP contribution in [0.25, 0.3) is 0 Å². The van der Waals surface area contributed by atoms with E-state index in [0.717, 1.165) is 11.1 Å². The van der Waals surface area contributed by atoms with Crippen LogP contribution in [0.15, 0.2) is 54.9 Å². The summed E-state index contributed by atoms with van der Waals surface area (Å²) >= 11 is 0. The Kier molecular flexibility index (Phi) is 4.76. The standard InChI is InChI=1S/C18H20FN3O2/c19-18(13-23)12-22(11-16(18)15-6-2-1-3-7-15)17(24)21-10-14-5-4-8-20-9-14/h1-9,16,23H,10-13H2,(H,21,24). The van der Waals surface area contributed by atoms with Gasteiger partial charge in [-0.3, -0.25) is 4.98 Å². The number of alkyl halides is 1. The number of amides is 2. The second kappa shape index (κ2) is 6.97. The first-order valence-electron chi connectivity index (χ1n) is 7.89. The number of urea groups is 1. The first-order valence-corrected chi connectivity index (χ1v) is 7.89. The predicted molar refractivity (Wildman–Crippen MR) is 88.2 cm³/mol. The molecule has 2 unspecified atom stereocenters. The highest BCUT2D eigenvalue weighted by Crippen LogP contribution is 2.38. The fourth-order valence-electron chi connectivity index (χ4n) is 3.07. The molecule has 1 aromatic carbocycles. The maximum absolute atomic E-state index is 15.1. The molecule has 2 atom stereocenters. The molecule has 2 heterocycles. The summed E-state index contributed by atoms with van der Waals surface area (Å²) in [6, 6.07) is 12.5. The van der Waals surface area contributed by atoms with E-state index in [9.17, 15) is 9.90 Å². The maximum atomic E-state index is 15.1. The number of hydrogen-bond acceptors (Lipinski definition) is 3. The number of carbonyl (C=O) groups is 1. The Balaban J connectivity index is 1.68. The number of likely N-dealkylation sites (tertiary alicyclic amines) is 1. The van der Waals surface area contributed by atoms with Crippen molar-refractivity contribution in [2.24, 2.45) is 0 Å². The molecule has 0 saturated carbocycles. The van der Waals surface area contributed by atoms with E-state index in [-0.39, 0.29) is 19.1 Å². The zero-order valence-corrected chi connectivity index (χ0v) is 13.2. The van der Waals surface area contributed by atoms with Gasteiger partial charge in [-0.2, -0.15) is 0 Å². The molecule has 2 amide bonds. The van der Waals surface area contributed by atoms with Crippen molar-refractivity contribution in [1.82, 2.24) is 15.2 Å². The van der Waals surface area contributed by atoms with Crippen LogP contribution in [-0.4, -0.2) is 46.4 Å². The van der Waals surface area contributed by atoms with Gasteiger partial charge in [0, 0.05) is 31.4 Å². The van der Waals surface area contributed by atoms with Gasteiger partial charge in [0.25, 0.3) is 0 Å². The number of nitrogens with one attached hydrogen (secondary N) is 1. The van der Waals surface area contributed by atoms with Crippen LogP contribution in [0.1, 0.15) is 17.0 Å². The molecule has 126 valence electrons. The number of aromatic nitrogens is 1. The molecule has 3 rings (SSSR count). The van der Waals surface area contributed by atoms with Crippen LogP contribution >= 0.6 is 0 Å². The van der Waals surface area contributed by atoms with Gasteiger partial charge in [0.05, 0.1) is 13.2 Å². The summed E-state index contributed by atoms with van der Waals surface area (Å²) in [5.41, 5.74) is -0.164. The smallest absolute Gasteiger partial charge is 0.317 e. The normalized spacial score (nSPS) is 23.2. The Morgan fingerprint density at radius 2 is 2.12 bits per heavy atom. The summed E-state index contributed by atoms with van der Waals surface area (Å²) in [7, 11) is 0. The number of pyridine rings is 1. The fourth-order valence-corrected chi connectivity index (χ4v) is 3.07. The lowest BCUT2D eigenvalue weighted by Crippen LogP contribution is -2.41. The molecule has 5 nitrogen and oxygen atoms in total. The summed E-state index contributed by atoms with van der Waals surface area (Å²) in [6.07, 6.45) is 3.33. The molecule has 0 bridgehead atoms. The highest BCUT2D eigenvalue weighted by atomic mass is 19.1. The summed E-state index contributed by atoms with van der Waals surface area (Å²) in [4.78, 5) is 17.8. The van der Waals surface area contributed by atoms with Crippen LogP contribution in [0.3, 0.4) is 0 Å². The molecule has 1 fully saturated rings. The molecule has 0 radical (unpaired) electrons. The van der Waals surface area contributed by atoms with Gasteiger partial charge in [-0.15, -0.1) is 0 Å². The third-order valence-electron chi connectivity index (χ3n) is 4.40. The van der Waals surface area contributed by atoms with Crippen LogP contribution in [0.4, 0.5) is 9.18 Å². The third kappa shape index (κ3) is 3.38. The number of benzene rings is 1. The van der Waals surface area contributed by atoms with Crippen molar-refractivity contribution in [3.05, 3.63) is 66.0 Å². The minimum Gasteiger partial charge on any atom is -0.393 e. The maximum Gasteiger partial charge on any atom is 0.317 e. The van der Waals surface area contributed by atoms with Crippen LogP contribution < -0.4 is 5.32 Å². The number of halogens is 1. The SMILES string of the molecule is O=C(NCc1cccnc1)N1CC(c2ccccc2)C(F)(CO)C1. The molecule has 6 heteroatoms. The molecule has 24 heavy (non-hydrogen) atoms. The topological polar surface area (TPSA) is 65.5 Å². The molecule has 1 saturated heterocycles. The van der Waals surface area contributed by atoms with Gasteiger partial charge in [0.1, 0.15) is 0 Å². The van der Waals surface area contributed by atoms with E-state index in [2.05, 4.69) is 10.3 Å². The van der Waals surface area contributed by atoms with E-state index < -0.39 is 18.2 Å². The fraction of sp³-hybridized carbons (Fsp3) is 0.333. The average Bonchev–Trinajstić information content (AvgIpc) is 3.00. The number of aliphatic hydroxyl groups is 1. The Morgan fingerprint density at radius 1 is 1.33 bits per heavy atom. The van der Waals surface area contributed by atoms with Gasteiger partial charge in [-0.25, -0.2) is 9.18 Å². The van der Waals surface area contributed by atoms with Crippen molar-refractivity contribution in [2.45, 2.75) is 18.1 Å². The van der Waals surface area contributed by atoms with Crippen molar-refractivity contribution in [3.8, 4) is 0 Å². The van der Waals surface area contributed by atoms with E-state index in [1.165, 1.54) is 4.90 Å². The van der Waals surface area contributed by atoms with Gasteiger partial charge in [0.15, 0.2) is 5.67 Å². The van der Waals surface area contributed by atoms with Gasteiger partial charge >= 0.3 is 6.03 Å². The van der Waals surface area contributed by atoms with E-state index in [0.29, 0.717) is 6.54 Å². The molecule has 1 aliphatic heterocycles. The first kappa shape index (κ1) is 16.4. The molecule has 2 N–H and O–H groups in total. The largest absolute Gasteiger partial charge is 0.393 e. The van der Waals surface area contributed by atoms with E-state index >= 15 is 4.39 Å². The molecule has 1 aliphatic rings. The van der Waals surface area contributed by atoms with Gasteiger partial charge in [0.2, 0.25) is 0 Å². The van der Waals surface area contributed by atoms with Crippen molar-refractivity contribution in [2.75, 3.05) is 19.7 Å². The molecule has 1 aromatic heterocycles. The number of hydrogen-bond donors (Lipinski definition) is 2. The lowest BCUT2D eigenvalue weighted by atomic mass is 9.87. The van der Waals surface area contributed by atoms with Gasteiger partial charge in [-0.1, -0.05) is 36.4 Å². The summed E-state index contributed by atoms with van der Waals surface area (Å²) < 4.78 is 15.1. The summed E-state index contributed by atoms with van der Waals surface area (Å²) in [5, 5.41) is 12.3. The quantitative estimate of drug-likeness (QED) is 0.903. The second-order valence-electron chi connectivity index (χ2n) is 6.06. The van der Waals surface area contributed by atoms with E-state index in [1.54, 1.807) is 18.5 Å². The highest BCUT2D eigenvalue weighted by molar-refractivity contribution is 5.75. The van der Waals surface area contributed by atoms with E-state index in [1.807, 2.05) is 36.4 Å². The van der Waals surface area contributed by atoms with E-state index in [4.69, 9.17) is 0 Å². The minimum atomic E-state index is -1.83. The number of aliphatic hydroxyl groups excluding tert-OH is 1. The number of carbonyl (C=O) groups excluding carboxylic acids is 1. The number of rotatable bonds is 4. The highest BCUT2D eigenvalue weighted by Gasteiger charge is 2.49. The third-order valence-corrected chi connectivity index (χ3v) is 4.40. The molecular formula is C18H20FN3O2. The first-order chi connectivity index (χ1) is 11.6. The Bertz CT molecular complexity index is 683. The lowest BCUT2D eigenvalue weighted by molar-refractivity contribution is 0.0675. The Hall–Kier alpha value is -2.47. The molecule has 0 aliphatic carbocycles. The molecule has 2 aromatic rings. The molecule has 0 spiro atoms. The lowest BCUT2D eigenvalue weighted by Gasteiger charge is -2.23. The summed E-state index contributed by atoms with van der Waals surface area (Å²) in [5.74, 6) is -0.534. The van der Waals surface area contributed by atoms with Crippen molar-refractivity contribution < 1.29 is 14.3 Å². The van der Waals surface area contributed by atoms with Crippen LogP contribution in [-0.2, 0) is 6.54 Å².